The van der Waals surface area contributed by atoms with E-state index in [1.807, 2.05) is 30.3 Å². The van der Waals surface area contributed by atoms with Crippen LogP contribution in [-0.4, -0.2) is 11.8 Å². The van der Waals surface area contributed by atoms with Crippen LogP contribution in [0.2, 0.25) is 0 Å². The molecule has 2 amide bonds. The smallest absolute Gasteiger partial charge is 0.259 e. The summed E-state index contributed by atoms with van der Waals surface area (Å²) in [5.74, 6) is -0.443. The van der Waals surface area contributed by atoms with Gasteiger partial charge in [-0.3, -0.25) is 9.59 Å². The monoisotopic (exact) mass is 444 g/mol. The number of ether oxygens (including phenoxy) is 1. The first-order chi connectivity index (χ1) is 16.0. The van der Waals surface area contributed by atoms with Crippen molar-refractivity contribution in [1.29, 1.82) is 0 Å². The van der Waals surface area contributed by atoms with Crippen molar-refractivity contribution < 1.29 is 23.1 Å². The summed E-state index contributed by atoms with van der Waals surface area (Å²) in [6.45, 7) is 2.06. The second-order valence-corrected chi connectivity index (χ2v) is 7.29. The highest BCUT2D eigenvalue weighted by atomic mass is 19.1. The first kappa shape index (κ1) is 21.8. The van der Waals surface area contributed by atoms with Crippen LogP contribution in [0, 0.1) is 12.7 Å². The lowest BCUT2D eigenvalue weighted by molar-refractivity contribution is 0.101. The van der Waals surface area contributed by atoms with Gasteiger partial charge in [0.2, 0.25) is 0 Å². The Kier molecular flexibility index (Phi) is 6.50. The standard InChI is InChI=1S/C26H21FN2O4/c1-17-22(13-14-32-17)26(31)29-24-15-20(9-12-23(24)27)28-25(30)19-7-10-21(11-8-19)33-16-18-5-3-2-4-6-18/h2-15H,16H2,1H3,(H,28,30)(H,29,31). The zero-order valence-electron chi connectivity index (χ0n) is 17.8. The molecule has 0 radical (unpaired) electrons. The molecule has 0 bridgehead atoms. The number of carbonyl (C=O) groups is 2. The quantitative estimate of drug-likeness (QED) is 0.377. The molecule has 166 valence electrons. The summed E-state index contributed by atoms with van der Waals surface area (Å²) in [6, 6.07) is 21.9. The van der Waals surface area contributed by atoms with Gasteiger partial charge in [0.1, 0.15) is 23.9 Å². The van der Waals surface area contributed by atoms with Crippen LogP contribution in [0.15, 0.2) is 89.5 Å². The summed E-state index contributed by atoms with van der Waals surface area (Å²) >= 11 is 0. The molecular formula is C26H21FN2O4. The summed E-state index contributed by atoms with van der Waals surface area (Å²) in [5.41, 5.74) is 2.04. The molecule has 2 N–H and O–H groups in total. The van der Waals surface area contributed by atoms with Gasteiger partial charge in [-0.05, 0) is 61.0 Å². The minimum atomic E-state index is -0.623. The average Bonchev–Trinajstić information content (AvgIpc) is 3.27. The van der Waals surface area contributed by atoms with Gasteiger partial charge in [-0.15, -0.1) is 0 Å². The molecule has 0 fully saturated rings. The highest BCUT2D eigenvalue weighted by molar-refractivity contribution is 6.06. The maximum absolute atomic E-state index is 14.2. The number of hydrogen-bond acceptors (Lipinski definition) is 4. The summed E-state index contributed by atoms with van der Waals surface area (Å²) in [7, 11) is 0. The van der Waals surface area contributed by atoms with Crippen LogP contribution >= 0.6 is 0 Å². The summed E-state index contributed by atoms with van der Waals surface area (Å²) in [5, 5.41) is 5.21. The molecule has 7 heteroatoms. The van der Waals surface area contributed by atoms with Crippen molar-refractivity contribution in [3.05, 3.63) is 113 Å². The molecular weight excluding hydrogens is 423 g/mol. The fraction of sp³-hybridized carbons (Fsp3) is 0.0769. The second kappa shape index (κ2) is 9.82. The molecule has 0 unspecified atom stereocenters. The number of furan rings is 1. The minimum Gasteiger partial charge on any atom is -0.489 e. The summed E-state index contributed by atoms with van der Waals surface area (Å²) < 4.78 is 25.0. The zero-order valence-corrected chi connectivity index (χ0v) is 17.8. The third-order valence-electron chi connectivity index (χ3n) is 4.94. The van der Waals surface area contributed by atoms with Gasteiger partial charge in [0.25, 0.3) is 11.8 Å². The van der Waals surface area contributed by atoms with Crippen molar-refractivity contribution in [3.8, 4) is 5.75 Å². The fourth-order valence-electron chi connectivity index (χ4n) is 3.16. The molecule has 0 spiro atoms. The Morgan fingerprint density at radius 3 is 2.36 bits per heavy atom. The van der Waals surface area contributed by atoms with Crippen LogP contribution in [0.3, 0.4) is 0 Å². The predicted molar refractivity (Wildman–Crippen MR) is 123 cm³/mol. The Bertz CT molecular complexity index is 1270. The maximum atomic E-state index is 14.2. The molecule has 0 aliphatic rings. The van der Waals surface area contributed by atoms with E-state index in [0.717, 1.165) is 5.56 Å². The number of hydrogen-bond donors (Lipinski definition) is 2. The van der Waals surface area contributed by atoms with Gasteiger partial charge in [0.15, 0.2) is 0 Å². The van der Waals surface area contributed by atoms with Crippen molar-refractivity contribution in [2.45, 2.75) is 13.5 Å². The van der Waals surface area contributed by atoms with Gasteiger partial charge in [-0.2, -0.15) is 0 Å². The van der Waals surface area contributed by atoms with Crippen molar-refractivity contribution in [3.63, 3.8) is 0 Å². The van der Waals surface area contributed by atoms with E-state index in [2.05, 4.69) is 10.6 Å². The number of halogens is 1. The van der Waals surface area contributed by atoms with E-state index in [-0.39, 0.29) is 11.6 Å². The number of aryl methyl sites for hydroxylation is 1. The molecule has 4 rings (SSSR count). The van der Waals surface area contributed by atoms with Gasteiger partial charge >= 0.3 is 0 Å². The predicted octanol–water partition coefficient (Wildman–Crippen LogP) is 5.81. The van der Waals surface area contributed by atoms with Crippen LogP contribution in [0.4, 0.5) is 15.8 Å². The molecule has 4 aromatic rings. The van der Waals surface area contributed by atoms with Crippen LogP contribution < -0.4 is 15.4 Å². The van der Waals surface area contributed by atoms with Gasteiger partial charge in [0.05, 0.1) is 17.5 Å². The molecule has 0 aliphatic carbocycles. The van der Waals surface area contributed by atoms with Crippen molar-refractivity contribution in [2.24, 2.45) is 0 Å². The molecule has 1 heterocycles. The van der Waals surface area contributed by atoms with Crippen molar-refractivity contribution >= 4 is 23.2 Å². The molecule has 33 heavy (non-hydrogen) atoms. The van der Waals surface area contributed by atoms with E-state index in [1.165, 1.54) is 30.5 Å². The number of amides is 2. The highest BCUT2D eigenvalue weighted by Gasteiger charge is 2.15. The molecule has 0 saturated carbocycles. The average molecular weight is 444 g/mol. The summed E-state index contributed by atoms with van der Waals surface area (Å²) in [6.07, 6.45) is 1.38. The number of anilines is 2. The first-order valence-corrected chi connectivity index (χ1v) is 10.2. The Morgan fingerprint density at radius 1 is 0.909 bits per heavy atom. The van der Waals surface area contributed by atoms with Crippen LogP contribution in [0.5, 0.6) is 5.75 Å². The van der Waals surface area contributed by atoms with Crippen LogP contribution in [0.25, 0.3) is 0 Å². The molecule has 0 saturated heterocycles. The Hall–Kier alpha value is -4.39. The Labute approximate surface area is 190 Å². The van der Waals surface area contributed by atoms with Gasteiger partial charge in [-0.25, -0.2) is 4.39 Å². The third-order valence-corrected chi connectivity index (χ3v) is 4.94. The molecule has 1 aromatic heterocycles. The molecule has 0 atom stereocenters. The van der Waals surface area contributed by atoms with E-state index in [0.29, 0.717) is 34.9 Å². The van der Waals surface area contributed by atoms with E-state index in [9.17, 15) is 14.0 Å². The maximum Gasteiger partial charge on any atom is 0.259 e. The largest absolute Gasteiger partial charge is 0.489 e. The number of carbonyl (C=O) groups excluding carboxylic acids is 2. The lowest BCUT2D eigenvalue weighted by atomic mass is 10.2. The fourth-order valence-corrected chi connectivity index (χ4v) is 3.16. The molecule has 3 aromatic carbocycles. The minimum absolute atomic E-state index is 0.0527. The van der Waals surface area contributed by atoms with E-state index < -0.39 is 11.7 Å². The highest BCUT2D eigenvalue weighted by Crippen LogP contribution is 2.22. The summed E-state index contributed by atoms with van der Waals surface area (Å²) in [4.78, 5) is 25.0. The topological polar surface area (TPSA) is 80.6 Å². The van der Waals surface area contributed by atoms with E-state index in [4.69, 9.17) is 9.15 Å². The second-order valence-electron chi connectivity index (χ2n) is 7.29. The number of benzene rings is 3. The lowest BCUT2D eigenvalue weighted by Crippen LogP contribution is -2.15. The van der Waals surface area contributed by atoms with Gasteiger partial charge < -0.3 is 19.8 Å². The van der Waals surface area contributed by atoms with Gasteiger partial charge in [-0.1, -0.05) is 30.3 Å². The van der Waals surface area contributed by atoms with E-state index in [1.54, 1.807) is 31.2 Å². The number of rotatable bonds is 7. The first-order valence-electron chi connectivity index (χ1n) is 10.2. The van der Waals surface area contributed by atoms with Crippen LogP contribution in [0.1, 0.15) is 32.0 Å². The van der Waals surface area contributed by atoms with Gasteiger partial charge in [0, 0.05) is 11.3 Å². The molecule has 0 aliphatic heterocycles. The SMILES string of the molecule is Cc1occc1C(=O)Nc1cc(NC(=O)c2ccc(OCc3ccccc3)cc2)ccc1F. The van der Waals surface area contributed by atoms with Crippen molar-refractivity contribution in [2.75, 3.05) is 10.6 Å². The Morgan fingerprint density at radius 2 is 1.67 bits per heavy atom. The normalized spacial score (nSPS) is 10.5. The molecule has 6 nitrogen and oxygen atoms in total. The van der Waals surface area contributed by atoms with E-state index >= 15 is 0 Å². The Balaban J connectivity index is 1.39. The van der Waals surface area contributed by atoms with Crippen molar-refractivity contribution in [1.82, 2.24) is 0 Å². The lowest BCUT2D eigenvalue weighted by Gasteiger charge is -2.11. The zero-order chi connectivity index (χ0) is 23.2. The number of nitrogens with one attached hydrogen (secondary N) is 2. The van der Waals surface area contributed by atoms with Crippen LogP contribution in [-0.2, 0) is 6.61 Å². The third kappa shape index (κ3) is 5.46.